The first-order valence-electron chi connectivity index (χ1n) is 10.6. The second-order valence-electron chi connectivity index (χ2n) is 7.81. The summed E-state index contributed by atoms with van der Waals surface area (Å²) < 4.78 is 33.7. The number of methoxy groups -OCH3 is 1. The number of hydrogen-bond acceptors (Lipinski definition) is 8. The molecule has 5 rings (SSSR count). The van der Waals surface area contributed by atoms with E-state index in [1.54, 1.807) is 57.7 Å². The molecule has 0 aromatic carbocycles. The number of halogens is 1. The molecule has 0 N–H and O–H groups in total. The van der Waals surface area contributed by atoms with Gasteiger partial charge in [-0.2, -0.15) is 0 Å². The van der Waals surface area contributed by atoms with Crippen molar-refractivity contribution in [3.63, 3.8) is 0 Å². The highest BCUT2D eigenvalue weighted by atomic mass is 19.1. The van der Waals surface area contributed by atoms with E-state index < -0.39 is 11.9 Å². The van der Waals surface area contributed by atoms with Gasteiger partial charge >= 0.3 is 0 Å². The third kappa shape index (κ3) is 3.79. The Morgan fingerprint density at radius 1 is 1.21 bits per heavy atom. The summed E-state index contributed by atoms with van der Waals surface area (Å²) >= 11 is 0. The standard InChI is InChI=1S/C23H21FN6O4/c1-13-8-20(34-28-13)15-9-18(24)22-27-26-21(30(22)12-15)14(2)29-5-4-19-17(23(29)31)10-16(11-25-19)33-7-6-32-3/h4-5,8-12,14H,6-7H2,1-3H3/t14-/m1/s1. The van der Waals surface area contributed by atoms with Crippen LogP contribution in [0.4, 0.5) is 4.39 Å². The molecule has 0 aliphatic carbocycles. The minimum Gasteiger partial charge on any atom is -0.490 e. The summed E-state index contributed by atoms with van der Waals surface area (Å²) in [6, 6.07) is 5.85. The molecular formula is C23H21FN6O4. The lowest BCUT2D eigenvalue weighted by atomic mass is 10.2. The first kappa shape index (κ1) is 21.7. The van der Waals surface area contributed by atoms with Crippen molar-refractivity contribution in [2.24, 2.45) is 0 Å². The van der Waals surface area contributed by atoms with Crippen LogP contribution in [0, 0.1) is 12.7 Å². The molecule has 1 atom stereocenters. The van der Waals surface area contributed by atoms with Gasteiger partial charge in [-0.05, 0) is 32.0 Å². The average molecular weight is 464 g/mol. The Bertz CT molecular complexity index is 1560. The van der Waals surface area contributed by atoms with Gasteiger partial charge in [-0.3, -0.25) is 14.2 Å². The summed E-state index contributed by atoms with van der Waals surface area (Å²) in [4.78, 5) is 17.6. The predicted molar refractivity (Wildman–Crippen MR) is 120 cm³/mol. The molecule has 34 heavy (non-hydrogen) atoms. The normalized spacial score (nSPS) is 12.5. The van der Waals surface area contributed by atoms with Crippen molar-refractivity contribution in [3.05, 3.63) is 70.5 Å². The number of rotatable bonds is 7. The molecule has 0 amide bonds. The lowest BCUT2D eigenvalue weighted by molar-refractivity contribution is 0.146. The van der Waals surface area contributed by atoms with Gasteiger partial charge in [0, 0.05) is 31.1 Å². The van der Waals surface area contributed by atoms with Crippen molar-refractivity contribution in [3.8, 4) is 17.1 Å². The van der Waals surface area contributed by atoms with Gasteiger partial charge < -0.3 is 18.6 Å². The number of fused-ring (bicyclic) bond motifs is 2. The van der Waals surface area contributed by atoms with E-state index in [0.717, 1.165) is 0 Å². The van der Waals surface area contributed by atoms with E-state index in [2.05, 4.69) is 20.3 Å². The molecule has 0 fully saturated rings. The van der Waals surface area contributed by atoms with Crippen molar-refractivity contribution < 1.29 is 18.4 Å². The molecule has 0 unspecified atom stereocenters. The van der Waals surface area contributed by atoms with Crippen molar-refractivity contribution in [1.82, 2.24) is 29.3 Å². The number of nitrogens with zero attached hydrogens (tertiary/aromatic N) is 6. The van der Waals surface area contributed by atoms with Crippen LogP contribution in [0.15, 0.2) is 52.2 Å². The Morgan fingerprint density at radius 3 is 2.82 bits per heavy atom. The minimum atomic E-state index is -0.564. The van der Waals surface area contributed by atoms with Crippen LogP contribution in [-0.2, 0) is 4.74 Å². The van der Waals surface area contributed by atoms with Gasteiger partial charge in [0.25, 0.3) is 5.56 Å². The van der Waals surface area contributed by atoms with E-state index in [1.807, 2.05) is 0 Å². The highest BCUT2D eigenvalue weighted by Crippen LogP contribution is 2.25. The molecule has 0 saturated carbocycles. The highest BCUT2D eigenvalue weighted by molar-refractivity contribution is 5.78. The van der Waals surface area contributed by atoms with Gasteiger partial charge in [-0.1, -0.05) is 5.16 Å². The van der Waals surface area contributed by atoms with Crippen molar-refractivity contribution in [1.29, 1.82) is 0 Å². The number of hydrogen-bond donors (Lipinski definition) is 0. The summed E-state index contributed by atoms with van der Waals surface area (Å²) in [6.45, 7) is 4.33. The van der Waals surface area contributed by atoms with Crippen LogP contribution in [0.1, 0.15) is 24.5 Å². The first-order valence-corrected chi connectivity index (χ1v) is 10.6. The van der Waals surface area contributed by atoms with E-state index in [0.29, 0.717) is 52.7 Å². The van der Waals surface area contributed by atoms with Crippen LogP contribution in [-0.4, -0.2) is 49.6 Å². The molecule has 0 saturated heterocycles. The molecule has 0 aliphatic rings. The molecule has 10 nitrogen and oxygen atoms in total. The third-order valence-electron chi connectivity index (χ3n) is 5.50. The number of aryl methyl sites for hydroxylation is 1. The van der Waals surface area contributed by atoms with Crippen molar-refractivity contribution >= 4 is 16.6 Å². The Kier molecular flexibility index (Phi) is 5.54. The van der Waals surface area contributed by atoms with Gasteiger partial charge in [0.05, 0.1) is 35.4 Å². The SMILES string of the molecule is COCCOc1cnc2ccn([C@H](C)c3nnc4c(F)cc(-c5cc(C)no5)cn34)c(=O)c2c1. The van der Waals surface area contributed by atoms with E-state index in [1.165, 1.54) is 15.0 Å². The summed E-state index contributed by atoms with van der Waals surface area (Å²) in [5.41, 5.74) is 1.45. The molecule has 0 radical (unpaired) electrons. The third-order valence-corrected chi connectivity index (χ3v) is 5.50. The Balaban J connectivity index is 1.57. The topological polar surface area (TPSA) is 110 Å². The molecule has 5 heterocycles. The number of aromatic nitrogens is 6. The average Bonchev–Trinajstić information content (AvgIpc) is 3.46. The maximum atomic E-state index is 14.8. The smallest absolute Gasteiger partial charge is 0.260 e. The van der Waals surface area contributed by atoms with Crippen molar-refractivity contribution in [2.45, 2.75) is 19.9 Å². The largest absolute Gasteiger partial charge is 0.490 e. The second kappa shape index (κ2) is 8.67. The summed E-state index contributed by atoms with van der Waals surface area (Å²) in [5.74, 6) is 0.703. The first-order chi connectivity index (χ1) is 16.5. The van der Waals surface area contributed by atoms with Crippen LogP contribution in [0.5, 0.6) is 5.75 Å². The molecule has 5 aromatic heterocycles. The summed E-state index contributed by atoms with van der Waals surface area (Å²) in [6.07, 6.45) is 4.86. The number of ether oxygens (including phenoxy) is 2. The zero-order valence-corrected chi connectivity index (χ0v) is 18.7. The van der Waals surface area contributed by atoms with Gasteiger partial charge in [0.1, 0.15) is 12.4 Å². The molecule has 0 spiro atoms. The molecular weight excluding hydrogens is 443 g/mol. The van der Waals surface area contributed by atoms with Crippen molar-refractivity contribution in [2.75, 3.05) is 20.3 Å². The highest BCUT2D eigenvalue weighted by Gasteiger charge is 2.21. The van der Waals surface area contributed by atoms with Gasteiger partial charge in [0.15, 0.2) is 23.0 Å². The molecule has 5 aromatic rings. The Hall–Kier alpha value is -4.12. The quantitative estimate of drug-likeness (QED) is 0.338. The predicted octanol–water partition coefficient (Wildman–Crippen LogP) is 3.18. The minimum absolute atomic E-state index is 0.0474. The van der Waals surface area contributed by atoms with E-state index >= 15 is 0 Å². The monoisotopic (exact) mass is 464 g/mol. The Labute approximate surface area is 192 Å². The zero-order chi connectivity index (χ0) is 23.8. The summed E-state index contributed by atoms with van der Waals surface area (Å²) in [5, 5.41) is 12.4. The fourth-order valence-electron chi connectivity index (χ4n) is 3.76. The van der Waals surface area contributed by atoms with E-state index in [9.17, 15) is 9.18 Å². The molecule has 174 valence electrons. The maximum Gasteiger partial charge on any atom is 0.260 e. The maximum absolute atomic E-state index is 14.8. The van der Waals surface area contributed by atoms with E-state index in [-0.39, 0.29) is 11.2 Å². The molecule has 0 aliphatic heterocycles. The van der Waals surface area contributed by atoms with E-state index in [4.69, 9.17) is 14.0 Å². The van der Waals surface area contributed by atoms with Crippen LogP contribution < -0.4 is 10.3 Å². The molecule has 11 heteroatoms. The van der Waals surface area contributed by atoms with Crippen LogP contribution in [0.25, 0.3) is 27.9 Å². The summed E-state index contributed by atoms with van der Waals surface area (Å²) in [7, 11) is 1.58. The van der Waals surface area contributed by atoms with Crippen LogP contribution in [0.2, 0.25) is 0 Å². The lowest BCUT2D eigenvalue weighted by Crippen LogP contribution is -2.25. The van der Waals surface area contributed by atoms with Crippen LogP contribution >= 0.6 is 0 Å². The van der Waals surface area contributed by atoms with Gasteiger partial charge in [0.2, 0.25) is 0 Å². The lowest BCUT2D eigenvalue weighted by Gasteiger charge is -2.15. The molecule has 0 bridgehead atoms. The Morgan fingerprint density at radius 2 is 2.06 bits per heavy atom. The zero-order valence-electron chi connectivity index (χ0n) is 18.7. The van der Waals surface area contributed by atoms with Crippen LogP contribution in [0.3, 0.4) is 0 Å². The fraction of sp³-hybridized carbons (Fsp3) is 0.261. The number of pyridine rings is 3. The fourth-order valence-corrected chi connectivity index (χ4v) is 3.76. The van der Waals surface area contributed by atoms with Gasteiger partial charge in [-0.25, -0.2) is 4.39 Å². The van der Waals surface area contributed by atoms with Gasteiger partial charge in [-0.15, -0.1) is 10.2 Å². The second-order valence-corrected chi connectivity index (χ2v) is 7.81.